The zero-order valence-corrected chi connectivity index (χ0v) is 10.3. The normalized spacial score (nSPS) is 21.5. The average molecular weight is 255 g/mol. The summed E-state index contributed by atoms with van der Waals surface area (Å²) in [6, 6.07) is 4.63. The van der Waals surface area contributed by atoms with Gasteiger partial charge in [0.1, 0.15) is 5.82 Å². The lowest BCUT2D eigenvalue weighted by molar-refractivity contribution is 0.102. The lowest BCUT2D eigenvalue weighted by Crippen LogP contribution is -2.23. The molecule has 0 fully saturated rings. The molecule has 0 aromatic heterocycles. The monoisotopic (exact) mass is 254 g/mol. The van der Waals surface area contributed by atoms with E-state index in [1.807, 2.05) is 0 Å². The van der Waals surface area contributed by atoms with E-state index < -0.39 is 5.82 Å². The van der Waals surface area contributed by atoms with Crippen LogP contribution < -0.4 is 0 Å². The van der Waals surface area contributed by atoms with E-state index >= 15 is 0 Å². The second-order valence-corrected chi connectivity index (χ2v) is 4.97. The van der Waals surface area contributed by atoms with Crippen LogP contribution in [0, 0.1) is 11.7 Å². The first-order valence-electron chi connectivity index (χ1n) is 5.94. The van der Waals surface area contributed by atoms with Crippen LogP contribution in [0.1, 0.15) is 24.8 Å². The molecular formula is C14H16ClFO. The van der Waals surface area contributed by atoms with Crippen LogP contribution in [0.5, 0.6) is 0 Å². The van der Waals surface area contributed by atoms with Gasteiger partial charge in [-0.15, -0.1) is 0 Å². The summed E-state index contributed by atoms with van der Waals surface area (Å²) >= 11 is 5.72. The van der Waals surface area contributed by atoms with Crippen molar-refractivity contribution in [2.45, 2.75) is 31.8 Å². The zero-order chi connectivity index (χ0) is 12.3. The van der Waals surface area contributed by atoms with E-state index in [1.165, 1.54) is 6.07 Å². The molecule has 1 nitrogen and oxygen atoms in total. The molecule has 0 saturated carbocycles. The third-order valence-corrected chi connectivity index (χ3v) is 3.57. The van der Waals surface area contributed by atoms with Crippen LogP contribution in [0.25, 0.3) is 0 Å². The topological polar surface area (TPSA) is 20.2 Å². The second-order valence-electron chi connectivity index (χ2n) is 4.56. The molecule has 2 unspecified atom stereocenters. The minimum atomic E-state index is -0.412. The summed E-state index contributed by atoms with van der Waals surface area (Å²) in [7, 11) is 0. The Morgan fingerprint density at radius 3 is 2.88 bits per heavy atom. The maximum Gasteiger partial charge on any atom is 0.141 e. The van der Waals surface area contributed by atoms with Gasteiger partial charge in [0.05, 0.1) is 11.1 Å². The van der Waals surface area contributed by atoms with Gasteiger partial charge in [0.2, 0.25) is 0 Å². The third-order valence-electron chi connectivity index (χ3n) is 3.28. The van der Waals surface area contributed by atoms with E-state index in [-0.39, 0.29) is 11.1 Å². The molecule has 1 aliphatic carbocycles. The number of rotatable bonds is 3. The Balaban J connectivity index is 1.99. The Morgan fingerprint density at radius 2 is 2.24 bits per heavy atom. The van der Waals surface area contributed by atoms with Gasteiger partial charge in [-0.1, -0.05) is 29.8 Å². The van der Waals surface area contributed by atoms with E-state index in [4.69, 9.17) is 11.6 Å². The summed E-state index contributed by atoms with van der Waals surface area (Å²) in [4.78, 5) is 0. The Labute approximate surface area is 106 Å². The molecule has 0 saturated heterocycles. The summed E-state index contributed by atoms with van der Waals surface area (Å²) < 4.78 is 13.0. The van der Waals surface area contributed by atoms with E-state index in [0.29, 0.717) is 12.3 Å². The van der Waals surface area contributed by atoms with Gasteiger partial charge in [0.25, 0.3) is 0 Å². The van der Waals surface area contributed by atoms with Crippen LogP contribution in [0.4, 0.5) is 4.39 Å². The number of halogens is 2. The van der Waals surface area contributed by atoms with Gasteiger partial charge in [0, 0.05) is 0 Å². The molecule has 0 radical (unpaired) electrons. The molecule has 0 bridgehead atoms. The summed E-state index contributed by atoms with van der Waals surface area (Å²) in [5.74, 6) is -0.102. The van der Waals surface area contributed by atoms with Crippen molar-refractivity contribution >= 4 is 11.6 Å². The standard InChI is InChI=1S/C14H16ClFO/c15-12-8-10(6-7-13(12)16)9-14(17)11-4-2-1-3-5-11/h1-2,6-8,11,14,17H,3-5,9H2. The van der Waals surface area contributed by atoms with Crippen LogP contribution in [-0.4, -0.2) is 11.2 Å². The third kappa shape index (κ3) is 3.30. The number of aliphatic hydroxyl groups excluding tert-OH is 1. The van der Waals surface area contributed by atoms with Crippen molar-refractivity contribution in [1.82, 2.24) is 0 Å². The average Bonchev–Trinajstić information content (AvgIpc) is 2.35. The molecule has 17 heavy (non-hydrogen) atoms. The molecular weight excluding hydrogens is 239 g/mol. The first-order valence-corrected chi connectivity index (χ1v) is 6.31. The molecule has 1 aromatic carbocycles. The summed E-state index contributed by atoms with van der Waals surface area (Å²) in [5.41, 5.74) is 0.887. The molecule has 3 heteroatoms. The fourth-order valence-electron chi connectivity index (χ4n) is 2.24. The predicted octanol–water partition coefficient (Wildman–Crippen LogP) is 3.74. The van der Waals surface area contributed by atoms with Crippen LogP contribution in [0.2, 0.25) is 5.02 Å². The van der Waals surface area contributed by atoms with Crippen molar-refractivity contribution in [2.24, 2.45) is 5.92 Å². The van der Waals surface area contributed by atoms with E-state index in [2.05, 4.69) is 12.2 Å². The van der Waals surface area contributed by atoms with Gasteiger partial charge >= 0.3 is 0 Å². The minimum absolute atomic E-state index is 0.123. The maximum atomic E-state index is 13.0. The molecule has 0 heterocycles. The van der Waals surface area contributed by atoms with Gasteiger partial charge in [-0.25, -0.2) is 4.39 Å². The Hall–Kier alpha value is -0.860. The van der Waals surface area contributed by atoms with Crippen LogP contribution in [0.15, 0.2) is 30.4 Å². The largest absolute Gasteiger partial charge is 0.392 e. The van der Waals surface area contributed by atoms with Gasteiger partial charge in [-0.2, -0.15) is 0 Å². The minimum Gasteiger partial charge on any atom is -0.392 e. The number of hydrogen-bond donors (Lipinski definition) is 1. The van der Waals surface area contributed by atoms with Crippen LogP contribution in [0.3, 0.4) is 0 Å². The highest BCUT2D eigenvalue weighted by Gasteiger charge is 2.19. The van der Waals surface area contributed by atoms with Crippen molar-refractivity contribution in [3.8, 4) is 0 Å². The van der Waals surface area contributed by atoms with Crippen molar-refractivity contribution in [3.63, 3.8) is 0 Å². The summed E-state index contributed by atoms with van der Waals surface area (Å²) in [6.07, 6.45) is 7.42. The molecule has 1 aromatic rings. The van der Waals surface area contributed by atoms with Gasteiger partial charge in [-0.05, 0) is 49.3 Å². The molecule has 0 aliphatic heterocycles. The van der Waals surface area contributed by atoms with Crippen molar-refractivity contribution in [1.29, 1.82) is 0 Å². The van der Waals surface area contributed by atoms with Gasteiger partial charge < -0.3 is 5.11 Å². The van der Waals surface area contributed by atoms with Crippen molar-refractivity contribution in [3.05, 3.63) is 46.8 Å². The van der Waals surface area contributed by atoms with Gasteiger partial charge in [0.15, 0.2) is 0 Å². The van der Waals surface area contributed by atoms with Crippen LogP contribution >= 0.6 is 11.6 Å². The van der Waals surface area contributed by atoms with Crippen LogP contribution in [-0.2, 0) is 6.42 Å². The number of hydrogen-bond acceptors (Lipinski definition) is 1. The molecule has 1 N–H and O–H groups in total. The second kappa shape index (κ2) is 5.65. The molecule has 2 rings (SSSR count). The molecule has 92 valence electrons. The van der Waals surface area contributed by atoms with Gasteiger partial charge in [-0.3, -0.25) is 0 Å². The smallest absolute Gasteiger partial charge is 0.141 e. The van der Waals surface area contributed by atoms with E-state index in [0.717, 1.165) is 24.8 Å². The summed E-state index contributed by atoms with van der Waals surface area (Å²) in [5, 5.41) is 10.2. The number of aliphatic hydroxyl groups is 1. The number of allylic oxidation sites excluding steroid dienone is 2. The first kappa shape index (κ1) is 12.6. The molecule has 2 atom stereocenters. The maximum absolute atomic E-state index is 13.0. The molecule has 1 aliphatic rings. The SMILES string of the molecule is OC(Cc1ccc(F)c(Cl)c1)C1CC=CCC1. The fourth-order valence-corrected chi connectivity index (χ4v) is 2.44. The Bertz CT molecular complexity index is 417. The lowest BCUT2D eigenvalue weighted by atomic mass is 9.86. The highest BCUT2D eigenvalue weighted by Crippen LogP contribution is 2.25. The highest BCUT2D eigenvalue weighted by atomic mass is 35.5. The lowest BCUT2D eigenvalue weighted by Gasteiger charge is -2.23. The van der Waals surface area contributed by atoms with Crippen molar-refractivity contribution < 1.29 is 9.50 Å². The highest BCUT2D eigenvalue weighted by molar-refractivity contribution is 6.30. The zero-order valence-electron chi connectivity index (χ0n) is 9.57. The fraction of sp³-hybridized carbons (Fsp3) is 0.429. The van der Waals surface area contributed by atoms with E-state index in [1.54, 1.807) is 12.1 Å². The van der Waals surface area contributed by atoms with E-state index in [9.17, 15) is 9.50 Å². The number of benzene rings is 1. The molecule has 0 spiro atoms. The Kier molecular flexibility index (Phi) is 4.19. The first-order chi connectivity index (χ1) is 8.16. The Morgan fingerprint density at radius 1 is 1.41 bits per heavy atom. The van der Waals surface area contributed by atoms with Crippen molar-refractivity contribution in [2.75, 3.05) is 0 Å². The molecule has 0 amide bonds. The summed E-state index contributed by atoms with van der Waals surface area (Å²) in [6.45, 7) is 0. The predicted molar refractivity (Wildman–Crippen MR) is 67.6 cm³/mol. The quantitative estimate of drug-likeness (QED) is 0.815.